The van der Waals surface area contributed by atoms with Crippen LogP contribution < -0.4 is 19.9 Å². The van der Waals surface area contributed by atoms with Gasteiger partial charge in [-0.15, -0.1) is 0 Å². The van der Waals surface area contributed by atoms with Crippen LogP contribution in [0.2, 0.25) is 0 Å². The third-order valence-corrected chi connectivity index (χ3v) is 5.58. The first-order valence-electron chi connectivity index (χ1n) is 10.4. The summed E-state index contributed by atoms with van der Waals surface area (Å²) < 4.78 is 5.81. The molecule has 1 aliphatic rings. The Morgan fingerprint density at radius 2 is 1.71 bits per heavy atom. The summed E-state index contributed by atoms with van der Waals surface area (Å²) in [4.78, 5) is 15.7. The molecule has 3 N–H and O–H groups in total. The van der Waals surface area contributed by atoms with Crippen molar-refractivity contribution in [3.8, 4) is 5.75 Å². The van der Waals surface area contributed by atoms with Crippen LogP contribution in [0.25, 0.3) is 0 Å². The first kappa shape index (κ1) is 20.4. The Kier molecular flexibility index (Phi) is 7.46. The summed E-state index contributed by atoms with van der Waals surface area (Å²) in [5.74, 6) is 0.891. The maximum absolute atomic E-state index is 12.6. The van der Waals surface area contributed by atoms with Crippen molar-refractivity contribution >= 4 is 11.6 Å². The maximum atomic E-state index is 12.6. The Labute approximate surface area is 168 Å². The smallest absolute Gasteiger partial charge is 0.282 e. The summed E-state index contributed by atoms with van der Waals surface area (Å²) in [5, 5.41) is 3.05. The quantitative estimate of drug-likeness (QED) is 0.631. The topological polar surface area (TPSA) is 47.2 Å². The number of benzene rings is 2. The molecule has 1 saturated heterocycles. The predicted octanol–water partition coefficient (Wildman–Crippen LogP) is 0.786. The minimum absolute atomic E-state index is 0.0304. The van der Waals surface area contributed by atoms with Crippen molar-refractivity contribution in [2.75, 3.05) is 38.0 Å². The van der Waals surface area contributed by atoms with E-state index in [0.29, 0.717) is 6.61 Å². The zero-order valence-electron chi connectivity index (χ0n) is 17.0. The molecule has 3 rings (SSSR count). The van der Waals surface area contributed by atoms with Crippen molar-refractivity contribution in [1.29, 1.82) is 0 Å². The number of carbonyl (C=O) groups is 1. The van der Waals surface area contributed by atoms with Crippen molar-refractivity contribution in [3.05, 3.63) is 60.2 Å². The van der Waals surface area contributed by atoms with Crippen LogP contribution in [0.1, 0.15) is 25.8 Å². The van der Waals surface area contributed by atoms with Crippen molar-refractivity contribution in [3.63, 3.8) is 0 Å². The zero-order chi connectivity index (χ0) is 19.8. The van der Waals surface area contributed by atoms with Gasteiger partial charge in [-0.2, -0.15) is 0 Å². The predicted molar refractivity (Wildman–Crippen MR) is 112 cm³/mol. The Morgan fingerprint density at radius 3 is 2.36 bits per heavy atom. The lowest BCUT2D eigenvalue weighted by Crippen LogP contribution is -3.30. The molecule has 1 atom stereocenters. The molecular weight excluding hydrogens is 350 g/mol. The van der Waals surface area contributed by atoms with Crippen molar-refractivity contribution < 1.29 is 19.3 Å². The monoisotopic (exact) mass is 383 g/mol. The van der Waals surface area contributed by atoms with Crippen LogP contribution in [0.4, 0.5) is 5.69 Å². The van der Waals surface area contributed by atoms with Crippen molar-refractivity contribution in [2.45, 2.75) is 32.9 Å². The van der Waals surface area contributed by atoms with E-state index in [4.69, 9.17) is 4.74 Å². The molecule has 0 aliphatic carbocycles. The number of hydrogen-bond donors (Lipinski definition) is 3. The SMILES string of the molecule is CCC[NH+]1CC[NH+]([C@H](C)C(=O)Nc2ccc(OCc3ccccc3)cc2)CC1. The Balaban J connectivity index is 1.46. The van der Waals surface area contributed by atoms with Gasteiger partial charge in [0.05, 0.1) is 6.54 Å². The fourth-order valence-corrected chi connectivity index (χ4v) is 3.77. The number of piperazine rings is 1. The average Bonchev–Trinajstić information content (AvgIpc) is 2.74. The number of anilines is 1. The van der Waals surface area contributed by atoms with E-state index in [2.05, 4.69) is 12.2 Å². The minimum atomic E-state index is -0.0304. The van der Waals surface area contributed by atoms with Gasteiger partial charge < -0.3 is 19.9 Å². The normalized spacial score (nSPS) is 20.4. The van der Waals surface area contributed by atoms with Crippen LogP contribution in [0.15, 0.2) is 54.6 Å². The minimum Gasteiger partial charge on any atom is -0.489 e. The second-order valence-corrected chi connectivity index (χ2v) is 7.67. The van der Waals surface area contributed by atoms with E-state index >= 15 is 0 Å². The molecule has 1 aliphatic heterocycles. The Morgan fingerprint density at radius 1 is 1.04 bits per heavy atom. The number of ether oxygens (including phenoxy) is 1. The fraction of sp³-hybridized carbons (Fsp3) is 0.435. The van der Waals surface area contributed by atoms with E-state index in [1.54, 1.807) is 4.90 Å². The van der Waals surface area contributed by atoms with Gasteiger partial charge in [0.2, 0.25) is 0 Å². The largest absolute Gasteiger partial charge is 0.489 e. The van der Waals surface area contributed by atoms with E-state index in [1.165, 1.54) is 17.9 Å². The lowest BCUT2D eigenvalue weighted by molar-refractivity contribution is -1.02. The van der Waals surface area contributed by atoms with Gasteiger partial charge in [0.25, 0.3) is 5.91 Å². The van der Waals surface area contributed by atoms with Crippen LogP contribution in [0.3, 0.4) is 0 Å². The van der Waals surface area contributed by atoms with Gasteiger partial charge in [-0.25, -0.2) is 0 Å². The molecule has 1 fully saturated rings. The summed E-state index contributed by atoms with van der Waals surface area (Å²) in [7, 11) is 0. The molecule has 0 saturated carbocycles. The molecule has 5 heteroatoms. The molecule has 2 aromatic rings. The van der Waals surface area contributed by atoms with E-state index in [-0.39, 0.29) is 11.9 Å². The molecule has 0 radical (unpaired) electrons. The summed E-state index contributed by atoms with van der Waals surface area (Å²) >= 11 is 0. The molecule has 0 aromatic heterocycles. The highest BCUT2D eigenvalue weighted by atomic mass is 16.5. The summed E-state index contributed by atoms with van der Waals surface area (Å²) in [6.45, 7) is 10.5. The number of nitrogens with one attached hydrogen (secondary N) is 3. The molecule has 2 aromatic carbocycles. The van der Waals surface area contributed by atoms with Gasteiger partial charge in [-0.3, -0.25) is 4.79 Å². The van der Waals surface area contributed by atoms with Gasteiger partial charge >= 0.3 is 0 Å². The number of hydrogen-bond acceptors (Lipinski definition) is 2. The molecule has 28 heavy (non-hydrogen) atoms. The van der Waals surface area contributed by atoms with Crippen LogP contribution in [-0.2, 0) is 11.4 Å². The standard InChI is InChI=1S/C23H31N3O2/c1-3-13-25-14-16-26(17-15-25)19(2)23(27)24-21-9-11-22(12-10-21)28-18-20-7-5-4-6-8-20/h4-12,19H,3,13-18H2,1-2H3,(H,24,27)/p+2/t19-/m1/s1. The second-order valence-electron chi connectivity index (χ2n) is 7.67. The molecule has 5 nitrogen and oxygen atoms in total. The van der Waals surface area contributed by atoms with Gasteiger partial charge in [0, 0.05) is 5.69 Å². The molecule has 0 spiro atoms. The van der Waals surface area contributed by atoms with E-state index in [9.17, 15) is 4.79 Å². The number of carbonyl (C=O) groups excluding carboxylic acids is 1. The summed E-state index contributed by atoms with van der Waals surface area (Å²) in [6, 6.07) is 17.7. The second kappa shape index (κ2) is 10.2. The Hall–Kier alpha value is -2.37. The molecule has 1 amide bonds. The third kappa shape index (κ3) is 5.81. The van der Waals surface area contributed by atoms with Crippen LogP contribution >= 0.6 is 0 Å². The zero-order valence-corrected chi connectivity index (χ0v) is 17.0. The van der Waals surface area contributed by atoms with E-state index < -0.39 is 0 Å². The van der Waals surface area contributed by atoms with Gasteiger partial charge in [-0.05, 0) is 43.2 Å². The van der Waals surface area contributed by atoms with Gasteiger partial charge in [-0.1, -0.05) is 37.3 Å². The van der Waals surface area contributed by atoms with Crippen molar-refractivity contribution in [1.82, 2.24) is 0 Å². The van der Waals surface area contributed by atoms with Crippen molar-refractivity contribution in [2.24, 2.45) is 0 Å². The number of rotatable bonds is 8. The van der Waals surface area contributed by atoms with Crippen LogP contribution in [0.5, 0.6) is 5.75 Å². The van der Waals surface area contributed by atoms with Gasteiger partial charge in [0.15, 0.2) is 6.04 Å². The fourth-order valence-electron chi connectivity index (χ4n) is 3.77. The summed E-state index contributed by atoms with van der Waals surface area (Å²) in [5.41, 5.74) is 1.95. The van der Waals surface area contributed by atoms with Crippen LogP contribution in [0, 0.1) is 0 Å². The highest BCUT2D eigenvalue weighted by Gasteiger charge is 2.30. The number of quaternary nitrogens is 2. The highest BCUT2D eigenvalue weighted by Crippen LogP contribution is 2.17. The lowest BCUT2D eigenvalue weighted by atomic mass is 10.2. The summed E-state index contributed by atoms with van der Waals surface area (Å²) in [6.07, 6.45) is 1.23. The first-order chi connectivity index (χ1) is 13.7. The molecular formula is C23H33N3O2+2. The third-order valence-electron chi connectivity index (χ3n) is 5.58. The molecule has 0 unspecified atom stereocenters. The molecule has 1 heterocycles. The molecule has 0 bridgehead atoms. The molecule has 150 valence electrons. The van der Waals surface area contributed by atoms with E-state index in [0.717, 1.165) is 43.2 Å². The average molecular weight is 384 g/mol. The Bertz CT molecular complexity index is 725. The maximum Gasteiger partial charge on any atom is 0.282 e. The lowest BCUT2D eigenvalue weighted by Gasteiger charge is -2.32. The van der Waals surface area contributed by atoms with E-state index in [1.807, 2.05) is 61.5 Å². The number of amides is 1. The highest BCUT2D eigenvalue weighted by molar-refractivity contribution is 5.93. The van der Waals surface area contributed by atoms with Gasteiger partial charge in [0.1, 0.15) is 38.5 Å². The first-order valence-corrected chi connectivity index (χ1v) is 10.4. The van der Waals surface area contributed by atoms with Crippen LogP contribution in [-0.4, -0.2) is 44.7 Å².